The first-order valence-electron chi connectivity index (χ1n) is 14.4. The number of aliphatic carboxylic acids is 1. The van der Waals surface area contributed by atoms with Gasteiger partial charge in [0.1, 0.15) is 23.6 Å². The molecule has 1 saturated heterocycles. The van der Waals surface area contributed by atoms with Crippen LogP contribution in [0.2, 0.25) is 0 Å². The van der Waals surface area contributed by atoms with Crippen LogP contribution in [0.4, 0.5) is 0 Å². The Bertz CT molecular complexity index is 1360. The Labute approximate surface area is 251 Å². The van der Waals surface area contributed by atoms with Crippen LogP contribution in [0.25, 0.3) is 17.0 Å². The number of carbonyl (C=O) groups is 4. The third kappa shape index (κ3) is 8.59. The number of carbonyl (C=O) groups excluding carboxylic acids is 3. The minimum absolute atomic E-state index is 0.0336. The number of ether oxygens (including phenoxy) is 1. The highest BCUT2D eigenvalue weighted by molar-refractivity contribution is 5.89. The first-order valence-corrected chi connectivity index (χ1v) is 14.4. The van der Waals surface area contributed by atoms with E-state index in [1.165, 1.54) is 19.0 Å². The molecule has 3 rings (SSSR count). The van der Waals surface area contributed by atoms with Crippen LogP contribution in [-0.2, 0) is 23.9 Å². The van der Waals surface area contributed by atoms with E-state index in [1.54, 1.807) is 32.9 Å². The number of aliphatic hydroxyl groups excluding tert-OH is 1. The number of hydrogen-bond acceptors (Lipinski definition) is 8. The Kier molecular flexibility index (Phi) is 11.4. The highest BCUT2D eigenvalue weighted by Crippen LogP contribution is 2.23. The van der Waals surface area contributed by atoms with Crippen LogP contribution < -0.4 is 16.1 Å². The van der Waals surface area contributed by atoms with Gasteiger partial charge in [0.15, 0.2) is 0 Å². The highest BCUT2D eigenvalue weighted by atomic mass is 16.5. The van der Waals surface area contributed by atoms with Crippen molar-refractivity contribution < 1.29 is 34.1 Å². The van der Waals surface area contributed by atoms with Gasteiger partial charge in [-0.3, -0.25) is 29.2 Å². The molecule has 0 bridgehead atoms. The molecule has 0 radical (unpaired) electrons. The van der Waals surface area contributed by atoms with Gasteiger partial charge < -0.3 is 25.6 Å². The molecule has 1 aliphatic rings. The number of hydrazine groups is 1. The lowest BCUT2D eigenvalue weighted by molar-refractivity contribution is -0.147. The number of pyridine rings is 1. The Morgan fingerprint density at radius 1 is 1.16 bits per heavy atom. The van der Waals surface area contributed by atoms with Gasteiger partial charge in [-0.15, -0.1) is 0 Å². The summed E-state index contributed by atoms with van der Waals surface area (Å²) in [7, 11) is 1.46. The van der Waals surface area contributed by atoms with Crippen LogP contribution in [-0.4, -0.2) is 82.3 Å². The van der Waals surface area contributed by atoms with Crippen molar-refractivity contribution in [2.24, 2.45) is 11.3 Å². The summed E-state index contributed by atoms with van der Waals surface area (Å²) in [6, 6.07) is 7.40. The molecule has 2 heterocycles. The van der Waals surface area contributed by atoms with E-state index >= 15 is 0 Å². The van der Waals surface area contributed by atoms with Crippen molar-refractivity contribution in [3.05, 3.63) is 47.7 Å². The molecule has 234 valence electrons. The van der Waals surface area contributed by atoms with Crippen molar-refractivity contribution in [2.45, 2.75) is 71.7 Å². The molecule has 1 aromatic heterocycles. The van der Waals surface area contributed by atoms with Gasteiger partial charge in [0, 0.05) is 19.0 Å². The fourth-order valence-corrected chi connectivity index (χ4v) is 4.68. The number of rotatable bonds is 12. The number of nitrogens with one attached hydrogen (secondary N) is 3. The maximum absolute atomic E-state index is 13.2. The third-order valence-corrected chi connectivity index (χ3v) is 7.51. The smallest absolute Gasteiger partial charge is 0.315 e. The molecule has 0 spiro atoms. The zero-order chi connectivity index (χ0) is 31.9. The van der Waals surface area contributed by atoms with E-state index < -0.39 is 47.4 Å². The number of methoxy groups -OCH3 is 1. The summed E-state index contributed by atoms with van der Waals surface area (Å²) < 4.78 is 5.07. The van der Waals surface area contributed by atoms with Gasteiger partial charge in [-0.1, -0.05) is 44.2 Å². The summed E-state index contributed by atoms with van der Waals surface area (Å²) in [5.41, 5.74) is 3.91. The lowest BCUT2D eigenvalue weighted by Crippen LogP contribution is -2.61. The lowest BCUT2D eigenvalue weighted by atomic mass is 9.90. The number of fused-ring (bicyclic) bond motifs is 1. The summed E-state index contributed by atoms with van der Waals surface area (Å²) in [5.74, 6) is -2.59. The molecule has 1 aliphatic heterocycles. The van der Waals surface area contributed by atoms with Crippen molar-refractivity contribution in [3.8, 4) is 0 Å². The quantitative estimate of drug-likeness (QED) is 0.246. The number of benzene rings is 1. The molecule has 1 aromatic carbocycles. The molecule has 0 saturated carbocycles. The monoisotopic (exact) mass is 597 g/mol. The van der Waals surface area contributed by atoms with E-state index in [9.17, 15) is 29.4 Å². The molecular formula is C31H43N5O7. The van der Waals surface area contributed by atoms with Gasteiger partial charge in [-0.05, 0) is 57.2 Å². The molecule has 5 N–H and O–H groups in total. The van der Waals surface area contributed by atoms with E-state index in [0.717, 1.165) is 10.9 Å². The normalized spacial score (nSPS) is 19.1. The number of carboxylic acids is 1. The highest BCUT2D eigenvalue weighted by Gasteiger charge is 2.32. The number of amides is 3. The van der Waals surface area contributed by atoms with E-state index in [4.69, 9.17) is 9.72 Å². The molecular weight excluding hydrogens is 554 g/mol. The zero-order valence-corrected chi connectivity index (χ0v) is 25.6. The maximum Gasteiger partial charge on any atom is 0.315 e. The fraction of sp³-hybridized carbons (Fsp3) is 0.516. The van der Waals surface area contributed by atoms with Crippen molar-refractivity contribution in [2.75, 3.05) is 20.3 Å². The second kappa shape index (κ2) is 14.5. The largest absolute Gasteiger partial charge is 0.481 e. The first kappa shape index (κ1) is 33.6. The molecule has 2 aromatic rings. The molecule has 12 heteroatoms. The van der Waals surface area contributed by atoms with Crippen LogP contribution in [0.1, 0.15) is 64.8 Å². The Morgan fingerprint density at radius 2 is 1.86 bits per heavy atom. The van der Waals surface area contributed by atoms with Gasteiger partial charge >= 0.3 is 5.97 Å². The predicted molar refractivity (Wildman–Crippen MR) is 161 cm³/mol. The van der Waals surface area contributed by atoms with Crippen molar-refractivity contribution in [3.63, 3.8) is 0 Å². The number of nitrogens with zero attached hydrogens (tertiary/aromatic N) is 2. The first-order chi connectivity index (χ1) is 20.2. The third-order valence-electron chi connectivity index (χ3n) is 7.51. The second-order valence-corrected chi connectivity index (χ2v) is 11.6. The predicted octanol–water partition coefficient (Wildman–Crippen LogP) is 2.18. The van der Waals surface area contributed by atoms with Crippen molar-refractivity contribution in [1.29, 1.82) is 0 Å². The van der Waals surface area contributed by atoms with Crippen LogP contribution >= 0.6 is 0 Å². The van der Waals surface area contributed by atoms with Gasteiger partial charge in [0.2, 0.25) is 11.8 Å². The maximum atomic E-state index is 13.2. The van der Waals surface area contributed by atoms with E-state index in [1.807, 2.05) is 37.3 Å². The number of hydrogen-bond donors (Lipinski definition) is 5. The van der Waals surface area contributed by atoms with Crippen LogP contribution in [0.3, 0.4) is 0 Å². The van der Waals surface area contributed by atoms with Gasteiger partial charge in [-0.2, -0.15) is 0 Å². The van der Waals surface area contributed by atoms with Crippen molar-refractivity contribution >= 4 is 40.7 Å². The zero-order valence-electron chi connectivity index (χ0n) is 25.6. The van der Waals surface area contributed by atoms with Gasteiger partial charge in [0.25, 0.3) is 5.91 Å². The molecule has 12 nitrogen and oxygen atoms in total. The van der Waals surface area contributed by atoms with E-state index in [2.05, 4.69) is 16.1 Å². The van der Waals surface area contributed by atoms with Crippen LogP contribution in [0.15, 0.2) is 36.4 Å². The number of carboxylic acid groups (broad SMARTS) is 1. The van der Waals surface area contributed by atoms with E-state index in [-0.39, 0.29) is 18.4 Å². The standard InChI is InChI=1S/C31H43N5O7/c1-18(2)26(37)28(39)33-20(4)29(40)36-15-7-8-24(35-36)27(38)32-19(3)23-12-11-22-10-9-21(16-25(22)34-23)13-14-31(5,17-43-6)30(41)42/h9-14,16,18-20,24,26,35,37H,7-8,15,17H2,1-6H3,(H,32,38)(H,33,39)(H,41,42)/b14-13+/t19-,20+,24+,26+,31-/m1/s1. The Morgan fingerprint density at radius 3 is 2.51 bits per heavy atom. The molecule has 1 fully saturated rings. The molecule has 3 amide bonds. The fourth-order valence-electron chi connectivity index (χ4n) is 4.68. The molecule has 0 unspecified atom stereocenters. The van der Waals surface area contributed by atoms with E-state index in [0.29, 0.717) is 30.6 Å². The topological polar surface area (TPSA) is 170 Å². The second-order valence-electron chi connectivity index (χ2n) is 11.6. The summed E-state index contributed by atoms with van der Waals surface area (Å²) in [4.78, 5) is 54.7. The molecule has 0 aliphatic carbocycles. The summed E-state index contributed by atoms with van der Waals surface area (Å²) in [6.45, 7) is 8.78. The summed E-state index contributed by atoms with van der Waals surface area (Å²) in [5, 5.41) is 27.3. The SMILES string of the molecule is COC[C@@](C)(/C=C/c1ccc2ccc([C@@H](C)NC(=O)[C@@H]3CCCN(C(=O)[C@H](C)NC(=O)[C@@H](O)C(C)C)N3)nc2c1)C(=O)O. The summed E-state index contributed by atoms with van der Waals surface area (Å²) in [6.07, 6.45) is 3.23. The van der Waals surface area contributed by atoms with Crippen LogP contribution in [0, 0.1) is 11.3 Å². The summed E-state index contributed by atoms with van der Waals surface area (Å²) >= 11 is 0. The Balaban J connectivity index is 1.66. The molecule has 5 atom stereocenters. The minimum atomic E-state index is -1.22. The van der Waals surface area contributed by atoms with Crippen molar-refractivity contribution in [1.82, 2.24) is 26.1 Å². The number of aromatic nitrogens is 1. The van der Waals surface area contributed by atoms with Gasteiger partial charge in [0.05, 0.1) is 23.9 Å². The molecule has 43 heavy (non-hydrogen) atoms. The minimum Gasteiger partial charge on any atom is -0.481 e. The lowest BCUT2D eigenvalue weighted by Gasteiger charge is -2.35. The average molecular weight is 598 g/mol. The average Bonchev–Trinajstić information content (AvgIpc) is 2.98. The number of aliphatic hydroxyl groups is 1. The Hall–Kier alpha value is -3.87. The van der Waals surface area contributed by atoms with Gasteiger partial charge in [-0.25, -0.2) is 5.43 Å². The van der Waals surface area contributed by atoms with Crippen LogP contribution in [0.5, 0.6) is 0 Å².